The number of rotatable bonds is 8. The quantitative estimate of drug-likeness (QED) is 0.329. The van der Waals surface area contributed by atoms with Crippen molar-refractivity contribution < 1.29 is 23.1 Å². The highest BCUT2D eigenvalue weighted by Crippen LogP contribution is 2.38. The third-order valence-electron chi connectivity index (χ3n) is 7.96. The number of benzene rings is 2. The zero-order valence-electron chi connectivity index (χ0n) is 23.2. The smallest absolute Gasteiger partial charge is 0.388 e. The molecule has 1 aliphatic heterocycles. The predicted molar refractivity (Wildman–Crippen MR) is 152 cm³/mol. The lowest BCUT2D eigenvalue weighted by Gasteiger charge is -2.39. The van der Waals surface area contributed by atoms with Crippen molar-refractivity contribution >= 4 is 16.9 Å². The lowest BCUT2D eigenvalue weighted by Crippen LogP contribution is -2.50. The van der Waals surface area contributed by atoms with Crippen LogP contribution in [-0.2, 0) is 24.8 Å². The molecule has 9 nitrogen and oxygen atoms in total. The van der Waals surface area contributed by atoms with E-state index in [9.17, 15) is 27.9 Å². The lowest BCUT2D eigenvalue weighted by molar-refractivity contribution is -0.162. The average Bonchev–Trinajstić information content (AvgIpc) is 3.30. The van der Waals surface area contributed by atoms with Crippen LogP contribution in [0.2, 0.25) is 0 Å². The number of piperidine rings is 1. The standard InChI is InChI=1S/C30H33F3N6O3/c1-37-27(22-9-7-20(8-10-22)11-14-34)25-26(36-37)28(41)39(19-35-25)18-29(42)12-15-38(16-13-29)24(40)17-23(30(31,32)33)21-5-3-2-4-6-21/h2-10,19,23,42H,11-18,34H2,1H3/t23-/m1/s1. The maximum Gasteiger partial charge on any atom is 0.396 e. The van der Waals surface area contributed by atoms with Crippen molar-refractivity contribution in [1.29, 1.82) is 0 Å². The first-order chi connectivity index (χ1) is 20.0. The highest BCUT2D eigenvalue weighted by Gasteiger charge is 2.43. The Bertz CT molecular complexity index is 1610. The van der Waals surface area contributed by atoms with Crippen LogP contribution in [-0.4, -0.2) is 66.7 Å². The lowest BCUT2D eigenvalue weighted by atomic mass is 9.90. The van der Waals surface area contributed by atoms with Gasteiger partial charge in [0.2, 0.25) is 5.91 Å². The van der Waals surface area contributed by atoms with Crippen LogP contribution in [0.5, 0.6) is 0 Å². The molecule has 3 N–H and O–H groups in total. The number of carbonyl (C=O) groups excluding carboxylic acids is 1. The zero-order chi connectivity index (χ0) is 30.1. The molecular formula is C30H33F3N6O3. The van der Waals surface area contributed by atoms with Crippen LogP contribution in [0.15, 0.2) is 65.7 Å². The molecule has 0 spiro atoms. The molecule has 222 valence electrons. The Kier molecular flexibility index (Phi) is 8.20. The monoisotopic (exact) mass is 582 g/mol. The Balaban J connectivity index is 1.28. The average molecular weight is 583 g/mol. The second-order valence-corrected chi connectivity index (χ2v) is 10.9. The fraction of sp³-hybridized carbons (Fsp3) is 0.400. The van der Waals surface area contributed by atoms with Crippen LogP contribution in [0, 0.1) is 0 Å². The Hall–Kier alpha value is -4.03. The van der Waals surface area contributed by atoms with E-state index >= 15 is 0 Å². The number of aliphatic hydroxyl groups is 1. The van der Waals surface area contributed by atoms with Crippen molar-refractivity contribution in [3.63, 3.8) is 0 Å². The summed E-state index contributed by atoms with van der Waals surface area (Å²) in [7, 11) is 1.73. The van der Waals surface area contributed by atoms with Gasteiger partial charge in [-0.1, -0.05) is 54.6 Å². The number of hydrogen-bond acceptors (Lipinski definition) is 6. The van der Waals surface area contributed by atoms with E-state index in [1.165, 1.54) is 40.1 Å². The second-order valence-electron chi connectivity index (χ2n) is 10.9. The van der Waals surface area contributed by atoms with Crippen LogP contribution in [0.25, 0.3) is 22.3 Å². The summed E-state index contributed by atoms with van der Waals surface area (Å²) in [6, 6.07) is 15.2. The van der Waals surface area contributed by atoms with E-state index in [4.69, 9.17) is 5.73 Å². The molecule has 0 aliphatic carbocycles. The highest BCUT2D eigenvalue weighted by atomic mass is 19.4. The molecule has 1 aliphatic rings. The number of alkyl halides is 3. The molecule has 12 heteroatoms. The van der Waals surface area contributed by atoms with E-state index in [2.05, 4.69) is 10.1 Å². The van der Waals surface area contributed by atoms with Gasteiger partial charge in [0, 0.05) is 32.1 Å². The first kappa shape index (κ1) is 29.5. The second kappa shape index (κ2) is 11.7. The van der Waals surface area contributed by atoms with Crippen molar-refractivity contribution in [2.75, 3.05) is 19.6 Å². The van der Waals surface area contributed by atoms with Gasteiger partial charge < -0.3 is 15.7 Å². The minimum Gasteiger partial charge on any atom is -0.388 e. The normalized spacial score (nSPS) is 16.1. The molecule has 2 aromatic heterocycles. The number of halogens is 3. The number of amides is 1. The van der Waals surface area contributed by atoms with E-state index in [-0.39, 0.29) is 43.6 Å². The molecule has 0 radical (unpaired) electrons. The Morgan fingerprint density at radius 2 is 1.74 bits per heavy atom. The number of nitrogens with zero attached hydrogens (tertiary/aromatic N) is 5. The van der Waals surface area contributed by atoms with Gasteiger partial charge in [-0.3, -0.25) is 18.8 Å². The first-order valence-corrected chi connectivity index (χ1v) is 13.8. The molecule has 1 saturated heterocycles. The molecule has 5 rings (SSSR count). The predicted octanol–water partition coefficient (Wildman–Crippen LogP) is 3.39. The maximum atomic E-state index is 13.8. The number of fused-ring (bicyclic) bond motifs is 1. The molecule has 0 saturated carbocycles. The van der Waals surface area contributed by atoms with Crippen molar-refractivity contribution in [3.05, 3.63) is 82.4 Å². The Morgan fingerprint density at radius 1 is 1.07 bits per heavy atom. The largest absolute Gasteiger partial charge is 0.396 e. The van der Waals surface area contributed by atoms with Crippen LogP contribution in [0.1, 0.15) is 36.3 Å². The van der Waals surface area contributed by atoms with Crippen molar-refractivity contribution in [1.82, 2.24) is 24.2 Å². The van der Waals surface area contributed by atoms with Crippen molar-refractivity contribution in [2.24, 2.45) is 12.8 Å². The van der Waals surface area contributed by atoms with Crippen molar-refractivity contribution in [3.8, 4) is 11.3 Å². The van der Waals surface area contributed by atoms with Gasteiger partial charge in [-0.2, -0.15) is 18.3 Å². The summed E-state index contributed by atoms with van der Waals surface area (Å²) in [4.78, 5) is 32.1. The van der Waals surface area contributed by atoms with Crippen LogP contribution < -0.4 is 11.3 Å². The summed E-state index contributed by atoms with van der Waals surface area (Å²) >= 11 is 0. The van der Waals surface area contributed by atoms with Gasteiger partial charge in [-0.05, 0) is 36.9 Å². The van der Waals surface area contributed by atoms with E-state index in [0.29, 0.717) is 17.8 Å². The minimum atomic E-state index is -4.57. The molecule has 1 amide bonds. The molecule has 3 heterocycles. The van der Waals surface area contributed by atoms with Crippen LogP contribution in [0.3, 0.4) is 0 Å². The molecular weight excluding hydrogens is 549 g/mol. The Morgan fingerprint density at radius 3 is 2.36 bits per heavy atom. The van der Waals surface area contributed by atoms with Gasteiger partial charge in [-0.15, -0.1) is 0 Å². The summed E-state index contributed by atoms with van der Waals surface area (Å²) < 4.78 is 44.2. The van der Waals surface area contributed by atoms with Crippen LogP contribution in [0.4, 0.5) is 13.2 Å². The third kappa shape index (κ3) is 6.09. The topological polar surface area (TPSA) is 119 Å². The van der Waals surface area contributed by atoms with Crippen LogP contribution >= 0.6 is 0 Å². The number of aromatic nitrogens is 4. The number of hydrogen-bond donors (Lipinski definition) is 2. The summed E-state index contributed by atoms with van der Waals surface area (Å²) in [6.07, 6.45) is -2.93. The summed E-state index contributed by atoms with van der Waals surface area (Å²) in [5, 5.41) is 15.7. The van der Waals surface area contributed by atoms with Crippen molar-refractivity contribution in [2.45, 2.75) is 49.9 Å². The third-order valence-corrected chi connectivity index (χ3v) is 7.96. The van der Waals surface area contributed by atoms with Gasteiger partial charge in [-0.25, -0.2) is 4.98 Å². The number of nitrogens with two attached hydrogens (primary N) is 1. The molecule has 4 aromatic rings. The van der Waals surface area contributed by atoms with Gasteiger partial charge in [0.1, 0.15) is 5.52 Å². The van der Waals surface area contributed by atoms with E-state index in [1.807, 2.05) is 24.3 Å². The van der Waals surface area contributed by atoms with E-state index in [0.717, 1.165) is 17.5 Å². The molecule has 0 unspecified atom stereocenters. The Labute approximate surface area is 240 Å². The highest BCUT2D eigenvalue weighted by molar-refractivity contribution is 5.89. The summed E-state index contributed by atoms with van der Waals surface area (Å²) in [5.74, 6) is -2.53. The maximum absolute atomic E-state index is 13.8. The fourth-order valence-electron chi connectivity index (χ4n) is 5.59. The number of carbonyl (C=O) groups is 1. The zero-order valence-corrected chi connectivity index (χ0v) is 23.2. The molecule has 42 heavy (non-hydrogen) atoms. The molecule has 1 atom stereocenters. The SMILES string of the molecule is Cn1nc2c(=O)n(CC3(O)CCN(C(=O)C[C@H](c4ccccc4)C(F)(F)F)CC3)cnc2c1-c1ccc(CCN)cc1. The summed E-state index contributed by atoms with van der Waals surface area (Å²) in [6.45, 7) is 0.619. The molecule has 1 fully saturated rings. The van der Waals surface area contributed by atoms with Gasteiger partial charge >= 0.3 is 6.18 Å². The molecule has 2 aromatic carbocycles. The van der Waals surface area contributed by atoms with Gasteiger partial charge in [0.15, 0.2) is 5.52 Å². The first-order valence-electron chi connectivity index (χ1n) is 13.8. The minimum absolute atomic E-state index is 0.0374. The van der Waals surface area contributed by atoms with E-state index in [1.54, 1.807) is 17.8 Å². The molecule has 0 bridgehead atoms. The van der Waals surface area contributed by atoms with Gasteiger partial charge in [0.25, 0.3) is 5.56 Å². The summed E-state index contributed by atoms with van der Waals surface area (Å²) in [5.41, 5.74) is 7.16. The fourth-order valence-corrected chi connectivity index (χ4v) is 5.59. The van der Waals surface area contributed by atoms with Gasteiger partial charge in [0.05, 0.1) is 30.1 Å². The van der Waals surface area contributed by atoms with E-state index < -0.39 is 35.6 Å². The number of likely N-dealkylation sites (tertiary alicyclic amines) is 1. The number of aryl methyl sites for hydroxylation is 1.